The summed E-state index contributed by atoms with van der Waals surface area (Å²) in [7, 11) is 5.67. The maximum atomic E-state index is 5.67. The lowest BCUT2D eigenvalue weighted by Gasteiger charge is -1.92. The van der Waals surface area contributed by atoms with E-state index < -0.39 is 0 Å². The molecule has 0 radical (unpaired) electrons. The average molecular weight is 177 g/mol. The zero-order valence-electron chi connectivity index (χ0n) is 5.18. The zero-order chi connectivity index (χ0) is 6.53. The standard InChI is InChI=1S/C7H7.ClH.2Mg.2H/c1-7-5-3-2-4-6-7;;;;;/h2-6H,1H2;1H;;;;/q;;;+1;;/p-1. The molecule has 0 spiro atoms. The van der Waals surface area contributed by atoms with Gasteiger partial charge in [-0.25, -0.2) is 0 Å². The van der Waals surface area contributed by atoms with Gasteiger partial charge in [-0.15, -0.1) is 0 Å². The Bertz CT molecular complexity index is 165. The second-order valence-corrected chi connectivity index (χ2v) is 3.94. The van der Waals surface area contributed by atoms with Crippen LogP contribution in [0.25, 0.3) is 0 Å². The van der Waals surface area contributed by atoms with E-state index in [1.54, 1.807) is 0 Å². The van der Waals surface area contributed by atoms with E-state index in [-0.39, 0.29) is 42.3 Å². The van der Waals surface area contributed by atoms with Crippen molar-refractivity contribution in [3.63, 3.8) is 0 Å². The first kappa shape index (κ1) is 11.0. The second kappa shape index (κ2) is 6.73. The molecule has 0 N–H and O–H groups in total. The van der Waals surface area contributed by atoms with Crippen LogP contribution in [0.3, 0.4) is 0 Å². The Morgan fingerprint density at radius 3 is 2.30 bits per heavy atom. The number of halogens is 1. The molecule has 0 aromatic heterocycles. The van der Waals surface area contributed by atoms with Gasteiger partial charge in [0.2, 0.25) is 0 Å². The predicted octanol–water partition coefficient (Wildman–Crippen LogP) is 1.13. The van der Waals surface area contributed by atoms with Gasteiger partial charge in [-0.05, 0) is 0 Å². The van der Waals surface area contributed by atoms with Gasteiger partial charge in [0, 0.05) is 0 Å². The van der Waals surface area contributed by atoms with Crippen LogP contribution in [-0.2, 0) is 4.55 Å². The Labute approximate surface area is 91.0 Å². The molecule has 0 nitrogen and oxygen atoms in total. The zero-order valence-corrected chi connectivity index (χ0v) is 7.35. The Hall–Kier alpha value is 1.04. The molecule has 1 rings (SSSR count). The molecule has 0 bridgehead atoms. The van der Waals surface area contributed by atoms with Gasteiger partial charge in [-0.1, -0.05) is 40.4 Å². The van der Waals surface area contributed by atoms with Gasteiger partial charge in [-0.3, -0.25) is 0 Å². The molecule has 0 atom stereocenters. The maximum absolute atomic E-state index is 5.67. The molecule has 0 fully saturated rings. The van der Waals surface area contributed by atoms with E-state index in [4.69, 9.17) is 9.07 Å². The fourth-order valence-electron chi connectivity index (χ4n) is 0.754. The van der Waals surface area contributed by atoms with Crippen molar-refractivity contribution in [2.45, 2.75) is 4.55 Å². The number of rotatable bonds is 2. The van der Waals surface area contributed by atoms with Gasteiger partial charge in [0.15, 0.2) is 0 Å². The van der Waals surface area contributed by atoms with E-state index in [1.807, 2.05) is 6.07 Å². The summed E-state index contributed by atoms with van der Waals surface area (Å²) in [5.41, 5.74) is 1.37. The highest BCUT2D eigenvalue weighted by Crippen LogP contribution is 1.98. The normalized spacial score (nSPS) is 7.70. The summed E-state index contributed by atoms with van der Waals surface area (Å²) in [6.07, 6.45) is 0. The first-order valence-corrected chi connectivity index (χ1v) is 6.17. The van der Waals surface area contributed by atoms with Crippen LogP contribution in [-0.4, -0.2) is 42.3 Å². The van der Waals surface area contributed by atoms with Gasteiger partial charge in [0.25, 0.3) is 0 Å². The molecule has 10 heavy (non-hydrogen) atoms. The quantitative estimate of drug-likeness (QED) is 0.594. The minimum Gasteiger partial charge on any atom is -0.345 e. The lowest BCUT2D eigenvalue weighted by molar-refractivity contribution is 1.40. The third-order valence-corrected chi connectivity index (χ3v) is 2.56. The van der Waals surface area contributed by atoms with Gasteiger partial charge in [0.1, 0.15) is 0 Å². The fourth-order valence-corrected chi connectivity index (χ4v) is 1.96. The molecule has 0 aliphatic rings. The number of hydrogen-bond acceptors (Lipinski definition) is 0. The smallest absolute Gasteiger partial charge is 0.345 e. The van der Waals surface area contributed by atoms with Crippen LogP contribution in [0.1, 0.15) is 5.56 Å². The Morgan fingerprint density at radius 2 is 1.80 bits per heavy atom. The van der Waals surface area contributed by atoms with Crippen LogP contribution in [0.2, 0.25) is 0 Å². The third-order valence-electron chi connectivity index (χ3n) is 1.23. The van der Waals surface area contributed by atoms with Crippen molar-refractivity contribution in [2.24, 2.45) is 0 Å². The van der Waals surface area contributed by atoms with Gasteiger partial charge in [-0.2, -0.15) is 0 Å². The topological polar surface area (TPSA) is 0 Å². The highest BCUT2D eigenvalue weighted by Gasteiger charge is 1.91. The SMILES string of the molecule is [Cl][Mg][CH2]c1ccccc1.[MgH2]. The first-order chi connectivity index (χ1) is 4.43. The summed E-state index contributed by atoms with van der Waals surface area (Å²) in [5, 5.41) is 0. The lowest BCUT2D eigenvalue weighted by Crippen LogP contribution is -1.86. The predicted molar refractivity (Wildman–Crippen MR) is 50.3 cm³/mol. The van der Waals surface area contributed by atoms with Crippen LogP contribution >= 0.6 is 9.07 Å². The van der Waals surface area contributed by atoms with Crippen LogP contribution in [0.4, 0.5) is 0 Å². The molecule has 0 saturated heterocycles. The van der Waals surface area contributed by atoms with E-state index in [0.717, 1.165) is 4.55 Å². The molecule has 3 heteroatoms. The third kappa shape index (κ3) is 4.03. The molecule has 1 aromatic rings. The molecular weight excluding hydrogens is 168 g/mol. The second-order valence-electron chi connectivity index (χ2n) is 1.92. The monoisotopic (exact) mass is 176 g/mol. The van der Waals surface area contributed by atoms with Crippen LogP contribution in [0, 0.1) is 0 Å². The van der Waals surface area contributed by atoms with Crippen molar-refractivity contribution >= 4 is 51.4 Å². The van der Waals surface area contributed by atoms with Gasteiger partial charge >= 0.3 is 42.3 Å². The molecule has 48 valence electrons. The van der Waals surface area contributed by atoms with Crippen LogP contribution in [0.15, 0.2) is 30.3 Å². The van der Waals surface area contributed by atoms with Crippen LogP contribution in [0.5, 0.6) is 0 Å². The molecule has 0 aliphatic carbocycles. The molecule has 0 unspecified atom stereocenters. The van der Waals surface area contributed by atoms with E-state index in [9.17, 15) is 0 Å². The van der Waals surface area contributed by atoms with Crippen molar-refractivity contribution in [1.29, 1.82) is 0 Å². The largest absolute Gasteiger partial charge is 0.505 e. The van der Waals surface area contributed by atoms with E-state index in [2.05, 4.69) is 24.3 Å². The average Bonchev–Trinajstić information content (AvgIpc) is 1.91. The van der Waals surface area contributed by atoms with Crippen molar-refractivity contribution in [1.82, 2.24) is 0 Å². The number of benzene rings is 1. The lowest BCUT2D eigenvalue weighted by atomic mass is 10.2. The Morgan fingerprint density at radius 1 is 1.20 bits per heavy atom. The van der Waals surface area contributed by atoms with Crippen molar-refractivity contribution in [2.75, 3.05) is 0 Å². The minimum absolute atomic E-state index is 0. The van der Waals surface area contributed by atoms with Gasteiger partial charge < -0.3 is 9.07 Å². The molecule has 0 saturated carbocycles. The molecule has 0 amide bonds. The summed E-state index contributed by atoms with van der Waals surface area (Å²) >= 11 is -0.312. The van der Waals surface area contributed by atoms with E-state index >= 15 is 0 Å². The Kier molecular flexibility index (Phi) is 7.44. The summed E-state index contributed by atoms with van der Waals surface area (Å²) in [5.74, 6) is 0. The maximum Gasteiger partial charge on any atom is 0.505 e. The molecule has 0 heterocycles. The highest BCUT2D eigenvalue weighted by molar-refractivity contribution is 6.93. The fraction of sp³-hybridized carbons (Fsp3) is 0.143. The van der Waals surface area contributed by atoms with E-state index in [0.29, 0.717) is 0 Å². The summed E-state index contributed by atoms with van der Waals surface area (Å²) < 4.78 is 1.11. The highest BCUT2D eigenvalue weighted by atomic mass is 35.5. The van der Waals surface area contributed by atoms with Crippen molar-refractivity contribution < 1.29 is 0 Å². The van der Waals surface area contributed by atoms with E-state index in [1.165, 1.54) is 5.56 Å². The Balaban J connectivity index is 0.000000810. The molecular formula is C7H9ClMg2. The van der Waals surface area contributed by atoms with Crippen molar-refractivity contribution in [3.8, 4) is 0 Å². The summed E-state index contributed by atoms with van der Waals surface area (Å²) in [4.78, 5) is 0. The summed E-state index contributed by atoms with van der Waals surface area (Å²) in [6.45, 7) is 0. The minimum atomic E-state index is -0.312. The van der Waals surface area contributed by atoms with Gasteiger partial charge in [0.05, 0.1) is 0 Å². The first-order valence-electron chi connectivity index (χ1n) is 3.03. The van der Waals surface area contributed by atoms with Crippen LogP contribution < -0.4 is 0 Å². The molecule has 1 aromatic carbocycles. The van der Waals surface area contributed by atoms with Crippen molar-refractivity contribution in [3.05, 3.63) is 35.9 Å². The summed E-state index contributed by atoms with van der Waals surface area (Å²) in [6, 6.07) is 10.4. The molecule has 0 aliphatic heterocycles. The number of hydrogen-bond donors (Lipinski definition) is 0.